The number of thiazole rings is 1. The Kier molecular flexibility index (Phi) is 5.50. The van der Waals surface area contributed by atoms with Crippen molar-refractivity contribution < 1.29 is 4.74 Å². The van der Waals surface area contributed by atoms with E-state index in [1.54, 1.807) is 31.3 Å². The first-order chi connectivity index (χ1) is 13.2. The zero-order valence-corrected chi connectivity index (χ0v) is 15.2. The van der Waals surface area contributed by atoms with E-state index in [2.05, 4.69) is 27.8 Å². The molecule has 0 bridgehead atoms. The number of hydrogen-bond acceptors (Lipinski definition) is 7. The van der Waals surface area contributed by atoms with Crippen LogP contribution in [0.3, 0.4) is 0 Å². The molecule has 1 aromatic heterocycles. The Bertz CT molecular complexity index is 1070. The lowest BCUT2D eigenvalue weighted by atomic mass is 10.1. The molecule has 6 nitrogen and oxygen atoms in total. The second-order valence-electron chi connectivity index (χ2n) is 5.34. The summed E-state index contributed by atoms with van der Waals surface area (Å²) in [4.78, 5) is 19.5. The van der Waals surface area contributed by atoms with Gasteiger partial charge < -0.3 is 4.74 Å². The second-order valence-corrected chi connectivity index (χ2v) is 6.31. The SMILES string of the molecule is C=C(N=O)c1nc(-c2ccc(Oc3ccccc3)c(C#N)c2)sc1N=CC. The molecule has 1 heterocycles. The highest BCUT2D eigenvalue weighted by molar-refractivity contribution is 7.19. The Hall–Kier alpha value is -3.63. The summed E-state index contributed by atoms with van der Waals surface area (Å²) in [7, 11) is 0. The summed E-state index contributed by atoms with van der Waals surface area (Å²) in [6, 6.07) is 16.6. The van der Waals surface area contributed by atoms with Gasteiger partial charge in [0.25, 0.3) is 0 Å². The van der Waals surface area contributed by atoms with Crippen molar-refractivity contribution in [3.8, 4) is 28.1 Å². The Balaban J connectivity index is 2.00. The largest absolute Gasteiger partial charge is 0.456 e. The van der Waals surface area contributed by atoms with Crippen LogP contribution in [0.2, 0.25) is 0 Å². The molecular weight excluding hydrogens is 360 g/mol. The summed E-state index contributed by atoms with van der Waals surface area (Å²) in [6.07, 6.45) is 1.61. The van der Waals surface area contributed by atoms with E-state index in [0.717, 1.165) is 5.56 Å². The lowest BCUT2D eigenvalue weighted by Crippen LogP contribution is -1.89. The fourth-order valence-corrected chi connectivity index (χ4v) is 3.31. The summed E-state index contributed by atoms with van der Waals surface area (Å²) in [6.45, 7) is 5.37. The molecule has 0 aliphatic carbocycles. The van der Waals surface area contributed by atoms with E-state index >= 15 is 0 Å². The van der Waals surface area contributed by atoms with E-state index in [0.29, 0.717) is 32.8 Å². The topological polar surface area (TPSA) is 87.7 Å². The number of hydrogen-bond donors (Lipinski definition) is 0. The van der Waals surface area contributed by atoms with Gasteiger partial charge >= 0.3 is 0 Å². The van der Waals surface area contributed by atoms with Crippen LogP contribution in [0.15, 0.2) is 65.3 Å². The Morgan fingerprint density at radius 3 is 2.74 bits per heavy atom. The molecule has 7 heteroatoms. The lowest BCUT2D eigenvalue weighted by Gasteiger charge is -2.08. The minimum Gasteiger partial charge on any atom is -0.456 e. The van der Waals surface area contributed by atoms with Gasteiger partial charge in [-0.15, -0.1) is 4.91 Å². The number of nitriles is 1. The molecule has 2 aromatic carbocycles. The summed E-state index contributed by atoms with van der Waals surface area (Å²) >= 11 is 1.29. The molecule has 0 saturated heterocycles. The van der Waals surface area contributed by atoms with Crippen molar-refractivity contribution in [2.45, 2.75) is 6.92 Å². The zero-order chi connectivity index (χ0) is 19.2. The van der Waals surface area contributed by atoms with Gasteiger partial charge in [0.1, 0.15) is 39.0 Å². The van der Waals surface area contributed by atoms with E-state index in [9.17, 15) is 10.2 Å². The van der Waals surface area contributed by atoms with E-state index in [4.69, 9.17) is 4.74 Å². The molecule has 0 spiro atoms. The third-order valence-electron chi connectivity index (χ3n) is 3.56. The van der Waals surface area contributed by atoms with Crippen molar-refractivity contribution in [1.29, 1.82) is 5.26 Å². The molecule has 0 aliphatic heterocycles. The summed E-state index contributed by atoms with van der Waals surface area (Å²) < 4.78 is 5.78. The van der Waals surface area contributed by atoms with Crippen LogP contribution in [0, 0.1) is 16.2 Å². The lowest BCUT2D eigenvalue weighted by molar-refractivity contribution is 0.481. The highest BCUT2D eigenvalue weighted by Gasteiger charge is 2.16. The molecule has 0 saturated carbocycles. The van der Waals surface area contributed by atoms with Crippen LogP contribution in [0.4, 0.5) is 5.00 Å². The molecule has 0 N–H and O–H groups in total. The van der Waals surface area contributed by atoms with Crippen LogP contribution >= 0.6 is 11.3 Å². The predicted octanol–water partition coefficient (Wildman–Crippen LogP) is 5.93. The zero-order valence-electron chi connectivity index (χ0n) is 14.4. The van der Waals surface area contributed by atoms with Gasteiger partial charge in [-0.2, -0.15) is 5.26 Å². The van der Waals surface area contributed by atoms with Gasteiger partial charge in [-0.25, -0.2) is 9.98 Å². The molecular formula is C20H14N4O2S. The highest BCUT2D eigenvalue weighted by Crippen LogP contribution is 2.38. The third kappa shape index (κ3) is 3.97. The molecule has 0 aliphatic rings. The molecule has 3 aromatic rings. The van der Waals surface area contributed by atoms with E-state index in [1.807, 2.05) is 30.3 Å². The molecule has 27 heavy (non-hydrogen) atoms. The molecule has 132 valence electrons. The maximum Gasteiger partial charge on any atom is 0.145 e. The minimum atomic E-state index is 0.0163. The van der Waals surface area contributed by atoms with Crippen LogP contribution in [0.25, 0.3) is 16.3 Å². The van der Waals surface area contributed by atoms with Crippen LogP contribution in [-0.4, -0.2) is 11.2 Å². The number of benzene rings is 2. The number of aromatic nitrogens is 1. The first kappa shape index (κ1) is 18.2. The van der Waals surface area contributed by atoms with Crippen molar-refractivity contribution in [1.82, 2.24) is 4.98 Å². The fourth-order valence-electron chi connectivity index (χ4n) is 2.33. The average molecular weight is 374 g/mol. The van der Waals surface area contributed by atoms with Crippen molar-refractivity contribution in [2.24, 2.45) is 10.2 Å². The smallest absolute Gasteiger partial charge is 0.145 e. The van der Waals surface area contributed by atoms with Crippen molar-refractivity contribution in [3.63, 3.8) is 0 Å². The Labute approximate surface area is 160 Å². The molecule has 3 rings (SSSR count). The summed E-state index contributed by atoms with van der Waals surface area (Å²) in [5.74, 6) is 1.10. The molecule has 0 fully saturated rings. The fraction of sp³-hybridized carbons (Fsp3) is 0.0500. The third-order valence-corrected chi connectivity index (χ3v) is 4.57. The summed E-state index contributed by atoms with van der Waals surface area (Å²) in [5.41, 5.74) is 1.45. The van der Waals surface area contributed by atoms with Gasteiger partial charge in [0.2, 0.25) is 0 Å². The standard InChI is InChI=1S/C20H14N4O2S/c1-3-22-20-18(13(2)24-25)23-19(27-20)14-9-10-17(15(11-14)12-21)26-16-7-5-4-6-8-16/h3-11H,2H2,1H3. The van der Waals surface area contributed by atoms with Crippen molar-refractivity contribution in [2.75, 3.05) is 0 Å². The monoisotopic (exact) mass is 374 g/mol. The Morgan fingerprint density at radius 2 is 2.07 bits per heavy atom. The minimum absolute atomic E-state index is 0.0163. The quantitative estimate of drug-likeness (QED) is 0.395. The van der Waals surface area contributed by atoms with Gasteiger partial charge in [-0.05, 0) is 42.4 Å². The maximum absolute atomic E-state index is 10.8. The van der Waals surface area contributed by atoms with Gasteiger partial charge in [0.15, 0.2) is 0 Å². The molecule has 0 radical (unpaired) electrons. The van der Waals surface area contributed by atoms with Gasteiger partial charge in [-0.1, -0.05) is 36.1 Å². The molecule has 0 amide bonds. The maximum atomic E-state index is 10.8. The molecule has 0 atom stereocenters. The van der Waals surface area contributed by atoms with Crippen LogP contribution in [0.5, 0.6) is 11.5 Å². The van der Waals surface area contributed by atoms with Crippen LogP contribution in [-0.2, 0) is 0 Å². The van der Waals surface area contributed by atoms with Gasteiger partial charge in [0, 0.05) is 11.8 Å². The van der Waals surface area contributed by atoms with Gasteiger partial charge in [-0.3, -0.25) is 0 Å². The van der Waals surface area contributed by atoms with E-state index in [-0.39, 0.29) is 5.70 Å². The molecule has 0 unspecified atom stereocenters. The van der Waals surface area contributed by atoms with Crippen molar-refractivity contribution in [3.05, 3.63) is 71.3 Å². The number of rotatable bonds is 6. The number of ether oxygens (including phenoxy) is 1. The van der Waals surface area contributed by atoms with Crippen molar-refractivity contribution >= 4 is 28.2 Å². The normalized spacial score (nSPS) is 10.5. The predicted molar refractivity (Wildman–Crippen MR) is 107 cm³/mol. The van der Waals surface area contributed by atoms with E-state index < -0.39 is 0 Å². The Morgan fingerprint density at radius 1 is 1.30 bits per heavy atom. The number of nitrogens with zero attached hydrogens (tertiary/aromatic N) is 4. The van der Waals surface area contributed by atoms with E-state index in [1.165, 1.54) is 11.3 Å². The van der Waals surface area contributed by atoms with Crippen LogP contribution < -0.4 is 4.74 Å². The second kappa shape index (κ2) is 8.17. The van der Waals surface area contributed by atoms with Gasteiger partial charge in [0.05, 0.1) is 5.56 Å². The first-order valence-corrected chi connectivity index (χ1v) is 8.77. The highest BCUT2D eigenvalue weighted by atomic mass is 32.1. The van der Waals surface area contributed by atoms with Crippen LogP contribution in [0.1, 0.15) is 18.2 Å². The number of aliphatic imine (C=N–C) groups is 1. The number of nitroso groups, excluding NO2 is 1. The summed E-state index contributed by atoms with van der Waals surface area (Å²) in [5, 5.41) is 13.5. The first-order valence-electron chi connectivity index (χ1n) is 7.95. The number of para-hydroxylation sites is 1. The average Bonchev–Trinajstić information content (AvgIpc) is 3.12.